The van der Waals surface area contributed by atoms with Crippen LogP contribution in [0.15, 0.2) is 16.9 Å². The molecule has 0 unspecified atom stereocenters. The van der Waals surface area contributed by atoms with E-state index in [4.69, 9.17) is 0 Å². The molecule has 0 radical (unpaired) electrons. The number of thiazole rings is 1. The van der Waals surface area contributed by atoms with Crippen molar-refractivity contribution in [1.29, 1.82) is 0 Å². The molecule has 0 aromatic carbocycles. The summed E-state index contributed by atoms with van der Waals surface area (Å²) in [6.07, 6.45) is 0.828. The first-order valence-electron chi connectivity index (χ1n) is 5.43. The average molecular weight is 264 g/mol. The van der Waals surface area contributed by atoms with Crippen molar-refractivity contribution in [2.24, 2.45) is 0 Å². The van der Waals surface area contributed by atoms with Gasteiger partial charge in [0, 0.05) is 10.9 Å². The van der Waals surface area contributed by atoms with Crippen LogP contribution < -0.4 is 10.9 Å². The number of carbonyl (C=O) groups is 1. The van der Waals surface area contributed by atoms with Crippen LogP contribution in [-0.4, -0.2) is 21.1 Å². The Morgan fingerprint density at radius 3 is 2.83 bits per heavy atom. The Kier molecular flexibility index (Phi) is 3.52. The third kappa shape index (κ3) is 2.62. The molecule has 6 nitrogen and oxygen atoms in total. The Bertz CT molecular complexity index is 612. The second-order valence-corrected chi connectivity index (χ2v) is 4.84. The fourth-order valence-corrected chi connectivity index (χ4v) is 2.34. The fourth-order valence-electron chi connectivity index (χ4n) is 1.44. The summed E-state index contributed by atoms with van der Waals surface area (Å²) in [7, 11) is 0. The largest absolute Gasteiger partial charge is 0.296 e. The lowest BCUT2D eigenvalue weighted by Crippen LogP contribution is -2.17. The van der Waals surface area contributed by atoms with Crippen LogP contribution in [0.25, 0.3) is 0 Å². The summed E-state index contributed by atoms with van der Waals surface area (Å²) in [5, 5.41) is 9.06. The molecule has 94 valence electrons. The highest BCUT2D eigenvalue weighted by molar-refractivity contribution is 7.15. The van der Waals surface area contributed by atoms with Crippen molar-refractivity contribution < 1.29 is 4.79 Å². The Balaban J connectivity index is 2.15. The van der Waals surface area contributed by atoms with Gasteiger partial charge in [-0.15, -0.1) is 11.3 Å². The number of nitrogens with zero attached hydrogens (tertiary/aromatic N) is 2. The third-order valence-electron chi connectivity index (χ3n) is 2.36. The van der Waals surface area contributed by atoms with Gasteiger partial charge >= 0.3 is 0 Å². The van der Waals surface area contributed by atoms with E-state index in [9.17, 15) is 9.59 Å². The predicted molar refractivity (Wildman–Crippen MR) is 69.0 cm³/mol. The summed E-state index contributed by atoms with van der Waals surface area (Å²) in [5.41, 5.74) is 0.787. The quantitative estimate of drug-likeness (QED) is 0.876. The standard InChI is InChI=1S/C11H12N4O2S/c1-3-7-6(2)18-11(12-7)13-10(17)8-4-5-9(16)15-14-8/h4-5H,3H2,1-2H3,(H,15,16)(H,12,13,17). The molecule has 2 aromatic heterocycles. The maximum Gasteiger partial charge on any atom is 0.277 e. The lowest BCUT2D eigenvalue weighted by atomic mass is 10.3. The molecule has 18 heavy (non-hydrogen) atoms. The highest BCUT2D eigenvalue weighted by Gasteiger charge is 2.12. The Labute approximate surface area is 107 Å². The maximum atomic E-state index is 11.8. The Hall–Kier alpha value is -2.02. The first-order chi connectivity index (χ1) is 8.60. The summed E-state index contributed by atoms with van der Waals surface area (Å²) in [4.78, 5) is 28.0. The van der Waals surface area contributed by atoms with Gasteiger partial charge in [-0.1, -0.05) is 6.92 Å². The van der Waals surface area contributed by atoms with Crippen LogP contribution in [0, 0.1) is 6.92 Å². The zero-order valence-electron chi connectivity index (χ0n) is 9.98. The molecule has 0 aliphatic carbocycles. The molecule has 0 fully saturated rings. The van der Waals surface area contributed by atoms with Crippen LogP contribution in [0.2, 0.25) is 0 Å². The number of nitrogens with one attached hydrogen (secondary N) is 2. The second-order valence-electron chi connectivity index (χ2n) is 3.64. The first-order valence-corrected chi connectivity index (χ1v) is 6.25. The molecule has 0 bridgehead atoms. The van der Waals surface area contributed by atoms with E-state index >= 15 is 0 Å². The van der Waals surface area contributed by atoms with E-state index in [1.54, 1.807) is 0 Å². The number of H-pyrrole nitrogens is 1. The molecule has 7 heteroatoms. The van der Waals surface area contributed by atoms with Crippen molar-refractivity contribution in [3.8, 4) is 0 Å². The highest BCUT2D eigenvalue weighted by Crippen LogP contribution is 2.22. The lowest BCUT2D eigenvalue weighted by molar-refractivity contribution is 0.102. The van der Waals surface area contributed by atoms with Crippen LogP contribution in [0.4, 0.5) is 5.13 Å². The number of anilines is 1. The van der Waals surface area contributed by atoms with Crippen molar-refractivity contribution in [3.63, 3.8) is 0 Å². The first kappa shape index (κ1) is 12.4. The van der Waals surface area contributed by atoms with Crippen LogP contribution in [-0.2, 0) is 6.42 Å². The van der Waals surface area contributed by atoms with Gasteiger partial charge < -0.3 is 0 Å². The van der Waals surface area contributed by atoms with Gasteiger partial charge in [0.15, 0.2) is 5.13 Å². The summed E-state index contributed by atoms with van der Waals surface area (Å²) in [5.74, 6) is -0.386. The SMILES string of the molecule is CCc1nc(NC(=O)c2ccc(=O)[nH]n2)sc1C. The molecule has 0 atom stereocenters. The summed E-state index contributed by atoms with van der Waals surface area (Å²) >= 11 is 1.42. The molecule has 2 aromatic rings. The zero-order valence-corrected chi connectivity index (χ0v) is 10.8. The summed E-state index contributed by atoms with van der Waals surface area (Å²) in [6.45, 7) is 3.97. The van der Waals surface area contributed by atoms with Gasteiger partial charge in [0.1, 0.15) is 5.69 Å². The van der Waals surface area contributed by atoms with Crippen LogP contribution >= 0.6 is 11.3 Å². The number of rotatable bonds is 3. The van der Waals surface area contributed by atoms with Gasteiger partial charge in [-0.25, -0.2) is 10.1 Å². The van der Waals surface area contributed by atoms with Crippen LogP contribution in [0.1, 0.15) is 28.0 Å². The smallest absolute Gasteiger partial charge is 0.277 e. The van der Waals surface area contributed by atoms with E-state index < -0.39 is 0 Å². The number of aromatic amines is 1. The average Bonchev–Trinajstić information content (AvgIpc) is 2.70. The molecule has 2 N–H and O–H groups in total. The van der Waals surface area contributed by atoms with Crippen molar-refractivity contribution in [1.82, 2.24) is 15.2 Å². The van der Waals surface area contributed by atoms with E-state index in [0.717, 1.165) is 17.0 Å². The normalized spacial score (nSPS) is 10.3. The number of hydrogen-bond acceptors (Lipinski definition) is 5. The molecule has 0 spiro atoms. The lowest BCUT2D eigenvalue weighted by Gasteiger charge is -1.99. The molecule has 0 aliphatic rings. The molecule has 1 amide bonds. The number of amides is 1. The molecular formula is C11H12N4O2S. The maximum absolute atomic E-state index is 11.8. The van der Waals surface area contributed by atoms with Crippen LogP contribution in [0.5, 0.6) is 0 Å². The predicted octanol–water partition coefficient (Wildman–Crippen LogP) is 1.35. The highest BCUT2D eigenvalue weighted by atomic mass is 32.1. The van der Waals surface area contributed by atoms with Crippen LogP contribution in [0.3, 0.4) is 0 Å². The van der Waals surface area contributed by atoms with E-state index in [2.05, 4.69) is 20.5 Å². The topological polar surface area (TPSA) is 87.7 Å². The van der Waals surface area contributed by atoms with Gasteiger partial charge in [0.25, 0.3) is 11.5 Å². The number of carbonyl (C=O) groups excluding carboxylic acids is 1. The minimum Gasteiger partial charge on any atom is -0.296 e. The minimum atomic E-state index is -0.386. The fraction of sp³-hybridized carbons (Fsp3) is 0.273. The monoisotopic (exact) mass is 264 g/mol. The number of aryl methyl sites for hydroxylation is 2. The summed E-state index contributed by atoms with van der Waals surface area (Å²) in [6, 6.07) is 2.63. The van der Waals surface area contributed by atoms with Gasteiger partial charge in [-0.3, -0.25) is 14.9 Å². The van der Waals surface area contributed by atoms with Crippen molar-refractivity contribution in [2.45, 2.75) is 20.3 Å². The Morgan fingerprint density at radius 1 is 1.50 bits per heavy atom. The minimum absolute atomic E-state index is 0.153. The Morgan fingerprint density at radius 2 is 2.28 bits per heavy atom. The molecule has 2 rings (SSSR count). The van der Waals surface area contributed by atoms with Gasteiger partial charge in [-0.05, 0) is 19.4 Å². The molecule has 2 heterocycles. The van der Waals surface area contributed by atoms with Crippen molar-refractivity contribution >= 4 is 22.4 Å². The van der Waals surface area contributed by atoms with E-state index in [-0.39, 0.29) is 17.2 Å². The van der Waals surface area contributed by atoms with Gasteiger partial charge in [0.05, 0.1) is 5.69 Å². The van der Waals surface area contributed by atoms with E-state index in [1.165, 1.54) is 23.5 Å². The summed E-state index contributed by atoms with van der Waals surface area (Å²) < 4.78 is 0. The molecule has 0 saturated heterocycles. The van der Waals surface area contributed by atoms with E-state index in [0.29, 0.717) is 5.13 Å². The van der Waals surface area contributed by atoms with Crippen molar-refractivity contribution in [2.75, 3.05) is 5.32 Å². The van der Waals surface area contributed by atoms with Gasteiger partial charge in [-0.2, -0.15) is 5.10 Å². The second kappa shape index (κ2) is 5.09. The van der Waals surface area contributed by atoms with Crippen molar-refractivity contribution in [3.05, 3.63) is 38.8 Å². The number of aromatic nitrogens is 3. The van der Waals surface area contributed by atoms with E-state index in [1.807, 2.05) is 13.8 Å². The molecule has 0 aliphatic heterocycles. The van der Waals surface area contributed by atoms with Gasteiger partial charge in [0.2, 0.25) is 0 Å². The molecular weight excluding hydrogens is 252 g/mol. The third-order valence-corrected chi connectivity index (χ3v) is 3.29. The number of hydrogen-bond donors (Lipinski definition) is 2. The molecule has 0 saturated carbocycles. The zero-order chi connectivity index (χ0) is 13.1.